The Morgan fingerprint density at radius 2 is 1.06 bits per heavy atom. The zero-order valence-corrected chi connectivity index (χ0v) is 15.7. The number of nitrogen functional groups attached to an aromatic ring is 2. The third kappa shape index (κ3) is 5.39. The van der Waals surface area contributed by atoms with Crippen molar-refractivity contribution < 1.29 is 9.85 Å². The van der Waals surface area contributed by atoms with Crippen molar-refractivity contribution in [1.29, 1.82) is 0 Å². The first-order valence-electron chi connectivity index (χ1n) is 8.21. The number of nitrogens with two attached hydrogens (primary N) is 2. The fraction of sp³-hybridized carbons (Fsp3) is 0.500. The van der Waals surface area contributed by atoms with Crippen LogP contribution in [0.5, 0.6) is 0 Å². The first-order valence-corrected chi connectivity index (χ1v) is 8.21. The van der Waals surface area contributed by atoms with Crippen molar-refractivity contribution in [2.24, 2.45) is 0 Å². The van der Waals surface area contributed by atoms with Crippen LogP contribution in [0.25, 0.3) is 0 Å². The second kappa shape index (κ2) is 9.45. The Labute approximate surface area is 173 Å². The molecule has 4 aromatic rings. The van der Waals surface area contributed by atoms with Gasteiger partial charge in [0.25, 0.3) is 0 Å². The Bertz CT molecular complexity index is 1090. The van der Waals surface area contributed by atoms with Crippen molar-refractivity contribution in [3.05, 3.63) is 20.2 Å². The highest BCUT2D eigenvalue weighted by Crippen LogP contribution is 1.99. The first-order chi connectivity index (χ1) is 15.3. The van der Waals surface area contributed by atoms with Crippen molar-refractivity contribution in [3.8, 4) is 0 Å². The second-order valence-corrected chi connectivity index (χ2v) is 5.41. The molecule has 24 heteroatoms. The van der Waals surface area contributed by atoms with Gasteiger partial charge in [0, 0.05) is 10.4 Å². The van der Waals surface area contributed by atoms with Crippen LogP contribution in [-0.4, -0.2) is 90.7 Å². The number of hydrogen-bond donors (Lipinski definition) is 2. The van der Waals surface area contributed by atoms with E-state index in [0.29, 0.717) is 13.1 Å². The first kappa shape index (κ1) is 21.4. The molecule has 24 nitrogen and oxygen atoms in total. The van der Waals surface area contributed by atoms with Gasteiger partial charge in [0.1, 0.15) is 0 Å². The number of rotatable bonds is 8. The molecule has 0 atom stereocenters. The van der Waals surface area contributed by atoms with Crippen LogP contribution in [0.2, 0.25) is 0 Å². The predicted octanol–water partition coefficient (Wildman–Crippen LogP) is -4.30. The van der Waals surface area contributed by atoms with Crippen LogP contribution in [0.4, 0.5) is 23.8 Å². The molecule has 168 valence electrons. The van der Waals surface area contributed by atoms with Crippen molar-refractivity contribution >= 4 is 23.8 Å². The average molecular weight is 452 g/mol. The van der Waals surface area contributed by atoms with Gasteiger partial charge in [-0.3, -0.25) is 0 Å². The summed E-state index contributed by atoms with van der Waals surface area (Å²) >= 11 is 0. The van der Waals surface area contributed by atoms with E-state index in [1.807, 2.05) is 0 Å². The fourth-order valence-corrected chi connectivity index (χ4v) is 1.92. The standard InChI is InChI=1S/2C4H6N10O2/c2*5-3-6-9-11-12(3)1-2-13-8-4(7-10-13)14(15)16/h2*1-2H2,(H2,5,6,11). The molecule has 0 bridgehead atoms. The predicted molar refractivity (Wildman–Crippen MR) is 93.4 cm³/mol. The molecule has 0 aliphatic heterocycles. The molecule has 4 aromatic heterocycles. The van der Waals surface area contributed by atoms with E-state index in [0.717, 1.165) is 9.59 Å². The molecule has 4 heterocycles. The lowest BCUT2D eigenvalue weighted by molar-refractivity contribution is -0.394. The summed E-state index contributed by atoms with van der Waals surface area (Å²) in [6, 6.07) is 0. The van der Waals surface area contributed by atoms with E-state index < -0.39 is 21.7 Å². The van der Waals surface area contributed by atoms with Gasteiger partial charge in [-0.05, 0) is 30.7 Å². The smallest absolute Gasteiger partial charge is 0.390 e. The summed E-state index contributed by atoms with van der Waals surface area (Å²) in [5.74, 6) is -0.807. The Morgan fingerprint density at radius 3 is 1.34 bits per heavy atom. The van der Waals surface area contributed by atoms with Crippen LogP contribution in [0, 0.1) is 20.2 Å². The second-order valence-electron chi connectivity index (χ2n) is 5.41. The van der Waals surface area contributed by atoms with Crippen LogP contribution >= 0.6 is 0 Å². The number of nitro groups is 2. The zero-order chi connectivity index (χ0) is 23.1. The molecule has 0 saturated carbocycles. The fourth-order valence-electron chi connectivity index (χ4n) is 1.92. The van der Waals surface area contributed by atoms with Gasteiger partial charge < -0.3 is 31.7 Å². The molecule has 0 amide bonds. The minimum absolute atomic E-state index is 0.148. The SMILES string of the molecule is Nc1nnnn1CCn1nnc([N+](=O)[O-])n1.Nc1nnnn1CCn1nnc([N+](=O)[O-])n1. The van der Waals surface area contributed by atoms with E-state index in [2.05, 4.69) is 61.9 Å². The van der Waals surface area contributed by atoms with E-state index >= 15 is 0 Å². The number of hydrogen-bond acceptors (Lipinski definition) is 18. The molecule has 0 aliphatic carbocycles. The molecular formula is C8H12N20O4. The largest absolute Gasteiger partial charge is 0.514 e. The number of aryl methyl sites for hydroxylation is 4. The summed E-state index contributed by atoms with van der Waals surface area (Å²) in [6.07, 6.45) is 0. The van der Waals surface area contributed by atoms with Gasteiger partial charge in [-0.1, -0.05) is 19.8 Å². The van der Waals surface area contributed by atoms with E-state index in [9.17, 15) is 20.2 Å². The Balaban J connectivity index is 0.000000181. The van der Waals surface area contributed by atoms with E-state index in [1.54, 1.807) is 0 Å². The van der Waals surface area contributed by atoms with Crippen LogP contribution in [0.3, 0.4) is 0 Å². The molecule has 0 radical (unpaired) electrons. The third-order valence-corrected chi connectivity index (χ3v) is 3.35. The van der Waals surface area contributed by atoms with Crippen molar-refractivity contribution in [1.82, 2.24) is 80.8 Å². The van der Waals surface area contributed by atoms with Crippen molar-refractivity contribution in [2.75, 3.05) is 11.5 Å². The monoisotopic (exact) mass is 452 g/mol. The average Bonchev–Trinajstić information content (AvgIpc) is 3.54. The van der Waals surface area contributed by atoms with Gasteiger partial charge in [-0.2, -0.15) is 0 Å². The maximum absolute atomic E-state index is 10.3. The van der Waals surface area contributed by atoms with Crippen LogP contribution in [-0.2, 0) is 26.2 Å². The molecule has 0 aliphatic rings. The van der Waals surface area contributed by atoms with Gasteiger partial charge in [-0.25, -0.2) is 9.36 Å². The molecule has 0 unspecified atom stereocenters. The number of tetrazole rings is 4. The minimum atomic E-state index is -0.727. The van der Waals surface area contributed by atoms with Gasteiger partial charge in [0.2, 0.25) is 11.9 Å². The van der Waals surface area contributed by atoms with Crippen LogP contribution in [0.15, 0.2) is 0 Å². The number of anilines is 2. The molecular weight excluding hydrogens is 440 g/mol. The Kier molecular flexibility index (Phi) is 6.32. The lowest BCUT2D eigenvalue weighted by Gasteiger charge is -1.96. The zero-order valence-electron chi connectivity index (χ0n) is 15.7. The lowest BCUT2D eigenvalue weighted by atomic mass is 10.6. The van der Waals surface area contributed by atoms with Gasteiger partial charge in [0.15, 0.2) is 0 Å². The molecule has 0 fully saturated rings. The van der Waals surface area contributed by atoms with Gasteiger partial charge in [-0.15, -0.1) is 0 Å². The van der Waals surface area contributed by atoms with Crippen molar-refractivity contribution in [3.63, 3.8) is 0 Å². The van der Waals surface area contributed by atoms with E-state index in [-0.39, 0.29) is 25.0 Å². The molecule has 32 heavy (non-hydrogen) atoms. The van der Waals surface area contributed by atoms with Crippen LogP contribution < -0.4 is 11.5 Å². The molecule has 0 spiro atoms. The summed E-state index contributed by atoms with van der Waals surface area (Å²) in [4.78, 5) is 21.2. The summed E-state index contributed by atoms with van der Waals surface area (Å²) < 4.78 is 2.63. The maximum Gasteiger partial charge on any atom is 0.514 e. The highest BCUT2D eigenvalue weighted by atomic mass is 16.6. The van der Waals surface area contributed by atoms with Crippen LogP contribution in [0.1, 0.15) is 0 Å². The molecule has 4 N–H and O–H groups in total. The van der Waals surface area contributed by atoms with Crippen molar-refractivity contribution in [2.45, 2.75) is 26.2 Å². The summed E-state index contributed by atoms with van der Waals surface area (Å²) in [7, 11) is 0. The quantitative estimate of drug-likeness (QED) is 0.188. The molecule has 4 rings (SSSR count). The number of nitrogens with zero attached hydrogens (tertiary/aromatic N) is 18. The lowest BCUT2D eigenvalue weighted by Crippen LogP contribution is -2.13. The Hall–Kier alpha value is -5.32. The Morgan fingerprint density at radius 1 is 0.656 bits per heavy atom. The van der Waals surface area contributed by atoms with E-state index in [1.165, 1.54) is 9.36 Å². The molecule has 0 saturated heterocycles. The molecule has 0 aromatic carbocycles. The summed E-state index contributed by atoms with van der Waals surface area (Å²) in [5, 5.41) is 61.7. The minimum Gasteiger partial charge on any atom is -0.390 e. The van der Waals surface area contributed by atoms with Gasteiger partial charge >= 0.3 is 11.9 Å². The normalized spacial score (nSPS) is 10.5. The topological polar surface area (TPSA) is 313 Å². The highest BCUT2D eigenvalue weighted by molar-refractivity contribution is 5.10. The highest BCUT2D eigenvalue weighted by Gasteiger charge is 2.16. The maximum atomic E-state index is 10.3. The van der Waals surface area contributed by atoms with Gasteiger partial charge in [0.05, 0.1) is 46.6 Å². The third-order valence-electron chi connectivity index (χ3n) is 3.35. The summed E-state index contributed by atoms with van der Waals surface area (Å²) in [5.41, 5.74) is 10.8. The number of aromatic nitrogens is 16. The van der Waals surface area contributed by atoms with E-state index in [4.69, 9.17) is 11.5 Å². The summed E-state index contributed by atoms with van der Waals surface area (Å²) in [6.45, 7) is 1.06.